The van der Waals surface area contributed by atoms with Crippen LogP contribution in [0, 0.1) is 5.41 Å². The molecule has 0 unspecified atom stereocenters. The summed E-state index contributed by atoms with van der Waals surface area (Å²) < 4.78 is 1.65. The first kappa shape index (κ1) is 20.3. The lowest BCUT2D eigenvalue weighted by molar-refractivity contribution is -0.122. The zero-order valence-corrected chi connectivity index (χ0v) is 17.8. The number of rotatable bonds is 5. The number of allylic oxidation sites excluding steroid dienone is 1. The number of nitrogens with one attached hydrogen (secondary N) is 2. The number of hydrogen-bond donors (Lipinski definition) is 2. The van der Waals surface area contributed by atoms with Crippen LogP contribution in [0.2, 0.25) is 0 Å². The third-order valence-electron chi connectivity index (χ3n) is 3.37. The predicted octanol–water partition coefficient (Wildman–Crippen LogP) is 5.16. The molecule has 2 rings (SSSR count). The monoisotopic (exact) mass is 479 g/mol. The summed E-state index contributed by atoms with van der Waals surface area (Å²) in [5.74, 6) is -0.205. The van der Waals surface area contributed by atoms with Gasteiger partial charge >= 0.3 is 0 Å². The Morgan fingerprint density at radius 2 is 1.81 bits per heavy atom. The van der Waals surface area contributed by atoms with Gasteiger partial charge in [0, 0.05) is 26.6 Å². The summed E-state index contributed by atoms with van der Waals surface area (Å²) in [5.41, 5.74) is 0.200. The number of anilines is 2. The van der Waals surface area contributed by atoms with Crippen LogP contribution in [-0.4, -0.2) is 16.7 Å². The second-order valence-corrected chi connectivity index (χ2v) is 8.36. The van der Waals surface area contributed by atoms with Crippen molar-refractivity contribution >= 4 is 55.1 Å². The Labute approximate surface area is 169 Å². The van der Waals surface area contributed by atoms with E-state index in [-0.39, 0.29) is 11.5 Å². The van der Waals surface area contributed by atoms with Crippen molar-refractivity contribution in [1.29, 1.82) is 0 Å². The number of carbonyl (C=O) groups excluding carboxylic acids is 2. The van der Waals surface area contributed by atoms with Gasteiger partial charge in [-0.1, -0.05) is 42.8 Å². The van der Waals surface area contributed by atoms with Gasteiger partial charge in [-0.2, -0.15) is 0 Å². The van der Waals surface area contributed by atoms with Crippen molar-refractivity contribution in [2.45, 2.75) is 20.8 Å². The first-order chi connectivity index (χ1) is 12.2. The molecule has 0 saturated carbocycles. The van der Waals surface area contributed by atoms with E-state index < -0.39 is 11.3 Å². The minimum atomic E-state index is -0.602. The van der Waals surface area contributed by atoms with Crippen LogP contribution >= 0.6 is 31.9 Å². The highest BCUT2D eigenvalue weighted by atomic mass is 79.9. The summed E-state index contributed by atoms with van der Waals surface area (Å²) in [7, 11) is 0. The number of pyridine rings is 1. The zero-order chi connectivity index (χ0) is 19.3. The molecule has 0 spiro atoms. The van der Waals surface area contributed by atoms with Gasteiger partial charge in [-0.25, -0.2) is 4.98 Å². The normalized spacial score (nSPS) is 11.8. The van der Waals surface area contributed by atoms with Crippen molar-refractivity contribution in [3.8, 4) is 0 Å². The van der Waals surface area contributed by atoms with Gasteiger partial charge < -0.3 is 10.6 Å². The van der Waals surface area contributed by atoms with Crippen molar-refractivity contribution < 1.29 is 9.59 Å². The van der Waals surface area contributed by atoms with E-state index in [2.05, 4.69) is 47.5 Å². The van der Waals surface area contributed by atoms with E-state index in [0.29, 0.717) is 11.5 Å². The summed E-state index contributed by atoms with van der Waals surface area (Å²) in [6.07, 6.45) is 2.91. The Morgan fingerprint density at radius 3 is 2.38 bits per heavy atom. The third kappa shape index (κ3) is 5.78. The Hall–Kier alpha value is -1.99. The van der Waals surface area contributed by atoms with Gasteiger partial charge in [-0.15, -0.1) is 0 Å². The van der Waals surface area contributed by atoms with Crippen LogP contribution in [0.5, 0.6) is 0 Å². The van der Waals surface area contributed by atoms with Crippen molar-refractivity contribution in [3.63, 3.8) is 0 Å². The van der Waals surface area contributed by atoms with Gasteiger partial charge in [-0.3, -0.25) is 9.59 Å². The molecule has 0 fully saturated rings. The number of benzene rings is 1. The summed E-state index contributed by atoms with van der Waals surface area (Å²) in [5, 5.41) is 5.72. The molecule has 1 heterocycles. The van der Waals surface area contributed by atoms with Gasteiger partial charge in [0.1, 0.15) is 11.5 Å². The standard InChI is InChI=1S/C19H19Br2N3O2/c1-19(2,3)16(25)11-15(18(26)24-17-6-4-5-9-22-17)23-14-8-7-12(20)10-13(14)21/h4-11,23H,1-3H3,(H,22,24,26). The molecule has 0 radical (unpaired) electrons. The van der Waals surface area contributed by atoms with Gasteiger partial charge in [0.25, 0.3) is 5.91 Å². The van der Waals surface area contributed by atoms with Crippen molar-refractivity contribution in [2.24, 2.45) is 5.41 Å². The highest BCUT2D eigenvalue weighted by Gasteiger charge is 2.22. The van der Waals surface area contributed by atoms with Crippen LogP contribution in [0.4, 0.5) is 11.5 Å². The Morgan fingerprint density at radius 1 is 1.08 bits per heavy atom. The fourth-order valence-corrected chi connectivity index (χ4v) is 3.01. The Balaban J connectivity index is 2.33. The third-order valence-corrected chi connectivity index (χ3v) is 4.52. The first-order valence-corrected chi connectivity index (χ1v) is 9.46. The highest BCUT2D eigenvalue weighted by molar-refractivity contribution is 9.11. The van der Waals surface area contributed by atoms with Gasteiger partial charge in [0.15, 0.2) is 5.78 Å². The van der Waals surface area contributed by atoms with Crippen LogP contribution < -0.4 is 10.6 Å². The van der Waals surface area contributed by atoms with Crippen molar-refractivity contribution in [1.82, 2.24) is 4.98 Å². The quantitative estimate of drug-likeness (QED) is 0.580. The lowest BCUT2D eigenvalue weighted by Gasteiger charge is -2.17. The van der Waals surface area contributed by atoms with Crippen LogP contribution in [0.3, 0.4) is 0 Å². The van der Waals surface area contributed by atoms with Crippen molar-refractivity contribution in [2.75, 3.05) is 10.6 Å². The predicted molar refractivity (Wildman–Crippen MR) is 111 cm³/mol. The first-order valence-electron chi connectivity index (χ1n) is 7.87. The number of ketones is 1. The zero-order valence-electron chi connectivity index (χ0n) is 14.6. The molecule has 1 aromatic carbocycles. The van der Waals surface area contributed by atoms with Crippen LogP contribution in [-0.2, 0) is 9.59 Å². The molecule has 2 N–H and O–H groups in total. The average molecular weight is 481 g/mol. The molecule has 136 valence electrons. The van der Waals surface area contributed by atoms with Crippen molar-refractivity contribution in [3.05, 3.63) is 63.3 Å². The molecular formula is C19H19Br2N3O2. The summed E-state index contributed by atoms with van der Waals surface area (Å²) >= 11 is 6.84. The molecule has 26 heavy (non-hydrogen) atoms. The highest BCUT2D eigenvalue weighted by Crippen LogP contribution is 2.28. The van der Waals surface area contributed by atoms with Gasteiger partial charge in [0.2, 0.25) is 0 Å². The fraction of sp³-hybridized carbons (Fsp3) is 0.211. The smallest absolute Gasteiger partial charge is 0.273 e. The molecule has 0 bridgehead atoms. The van der Waals surface area contributed by atoms with Crippen LogP contribution in [0.25, 0.3) is 0 Å². The number of nitrogens with zero attached hydrogens (tertiary/aromatic N) is 1. The number of hydrogen-bond acceptors (Lipinski definition) is 4. The summed E-state index contributed by atoms with van der Waals surface area (Å²) in [4.78, 5) is 29.2. The van der Waals surface area contributed by atoms with Gasteiger partial charge in [0.05, 0.1) is 5.69 Å². The maximum atomic E-state index is 12.7. The SMILES string of the molecule is CC(C)(C)C(=O)C=C(Nc1ccc(Br)cc1Br)C(=O)Nc1ccccn1. The van der Waals surface area contributed by atoms with Crippen LogP contribution in [0.15, 0.2) is 63.3 Å². The molecule has 1 aromatic heterocycles. The second-order valence-electron chi connectivity index (χ2n) is 6.59. The lowest BCUT2D eigenvalue weighted by atomic mass is 9.90. The molecule has 0 aliphatic rings. The molecule has 2 aromatic rings. The maximum Gasteiger partial charge on any atom is 0.273 e. The van der Waals surface area contributed by atoms with E-state index in [0.717, 1.165) is 8.95 Å². The van der Waals surface area contributed by atoms with E-state index in [1.807, 2.05) is 12.1 Å². The number of halogens is 2. The summed E-state index contributed by atoms with van der Waals surface area (Å²) in [6.45, 7) is 5.40. The van der Waals surface area contributed by atoms with E-state index >= 15 is 0 Å². The fourth-order valence-electron chi connectivity index (χ4n) is 1.86. The van der Waals surface area contributed by atoms with Crippen LogP contribution in [0.1, 0.15) is 20.8 Å². The minimum Gasteiger partial charge on any atom is -0.350 e. The molecular weight excluding hydrogens is 462 g/mol. The van der Waals surface area contributed by atoms with Gasteiger partial charge in [-0.05, 0) is 46.3 Å². The minimum absolute atomic E-state index is 0.138. The second kappa shape index (κ2) is 8.60. The number of amides is 1. The molecule has 1 amide bonds. The molecule has 7 heteroatoms. The lowest BCUT2D eigenvalue weighted by Crippen LogP contribution is -2.25. The van der Waals surface area contributed by atoms with E-state index in [1.54, 1.807) is 51.2 Å². The topological polar surface area (TPSA) is 71.1 Å². The average Bonchev–Trinajstić information content (AvgIpc) is 2.56. The van der Waals surface area contributed by atoms with E-state index in [1.165, 1.54) is 6.08 Å². The number of aromatic nitrogens is 1. The van der Waals surface area contributed by atoms with E-state index in [4.69, 9.17) is 0 Å². The molecule has 0 atom stereocenters. The Kier molecular flexibility index (Phi) is 6.72. The largest absolute Gasteiger partial charge is 0.350 e. The number of carbonyl (C=O) groups is 2. The molecule has 0 aliphatic heterocycles. The molecule has 0 aliphatic carbocycles. The molecule has 5 nitrogen and oxygen atoms in total. The summed E-state index contributed by atoms with van der Waals surface area (Å²) in [6, 6.07) is 10.7. The Bertz CT molecular complexity index is 844. The maximum absolute atomic E-state index is 12.7. The molecule has 0 saturated heterocycles. The van der Waals surface area contributed by atoms with E-state index in [9.17, 15) is 9.59 Å².